The van der Waals surface area contributed by atoms with Crippen molar-refractivity contribution in [2.45, 2.75) is 39.7 Å². The number of aliphatic hydroxyl groups excluding tert-OH is 3. The van der Waals surface area contributed by atoms with E-state index in [9.17, 15) is 15.3 Å². The number of hydrogen-bond acceptors (Lipinski definition) is 3. The van der Waals surface area contributed by atoms with Crippen molar-refractivity contribution in [1.29, 1.82) is 0 Å². The monoisotopic (exact) mass is 254 g/mol. The number of hydrogen-bond donors (Lipinski definition) is 3. The van der Waals surface area contributed by atoms with Crippen LogP contribution in [0.5, 0.6) is 0 Å². The lowest BCUT2D eigenvalue weighted by Crippen LogP contribution is -2.46. The van der Waals surface area contributed by atoms with E-state index < -0.39 is 6.10 Å². The largest absolute Gasteiger partial charge is 0.394 e. The van der Waals surface area contributed by atoms with Crippen LogP contribution in [-0.2, 0) is 0 Å². The normalized spacial score (nSPS) is 41.1. The third-order valence-electron chi connectivity index (χ3n) is 5.40. The molecule has 0 unspecified atom stereocenters. The average molecular weight is 254 g/mol. The van der Waals surface area contributed by atoms with Gasteiger partial charge in [0.25, 0.3) is 0 Å². The molecule has 0 amide bonds. The van der Waals surface area contributed by atoms with Gasteiger partial charge < -0.3 is 15.3 Å². The standard InChI is InChI=1S/C15H26O3/c1-9(2)11-4-5-15(3)10(7-16)6-12(11)14(15)13(18)8-17/h6,9,11-14,16-18H,4-5,7-8H2,1-3H3/t11-,12+,13-,14+,15+/m1/s1. The Labute approximate surface area is 110 Å². The summed E-state index contributed by atoms with van der Waals surface area (Å²) >= 11 is 0. The van der Waals surface area contributed by atoms with Crippen LogP contribution in [0.1, 0.15) is 33.6 Å². The molecule has 3 nitrogen and oxygen atoms in total. The van der Waals surface area contributed by atoms with Gasteiger partial charge in [-0.05, 0) is 41.6 Å². The number of fused-ring (bicyclic) bond motifs is 2. The molecule has 3 heteroatoms. The first-order chi connectivity index (χ1) is 8.45. The highest BCUT2D eigenvalue weighted by atomic mass is 16.3. The van der Waals surface area contributed by atoms with Crippen molar-refractivity contribution in [3.05, 3.63) is 11.6 Å². The van der Waals surface area contributed by atoms with E-state index in [0.717, 1.165) is 18.4 Å². The molecule has 18 heavy (non-hydrogen) atoms. The third kappa shape index (κ3) is 1.93. The summed E-state index contributed by atoms with van der Waals surface area (Å²) in [6.07, 6.45) is 3.65. The van der Waals surface area contributed by atoms with Crippen LogP contribution in [0.15, 0.2) is 11.6 Å². The molecule has 2 bridgehead atoms. The molecular weight excluding hydrogens is 228 g/mol. The van der Waals surface area contributed by atoms with E-state index in [0.29, 0.717) is 17.8 Å². The van der Waals surface area contributed by atoms with Crippen molar-refractivity contribution in [2.75, 3.05) is 13.2 Å². The van der Waals surface area contributed by atoms with Gasteiger partial charge in [0.15, 0.2) is 0 Å². The fourth-order valence-electron chi connectivity index (χ4n) is 4.35. The van der Waals surface area contributed by atoms with Crippen molar-refractivity contribution >= 4 is 0 Å². The molecule has 0 saturated heterocycles. The molecule has 2 rings (SSSR count). The number of aliphatic hydroxyl groups is 3. The van der Waals surface area contributed by atoms with Gasteiger partial charge in [0.2, 0.25) is 0 Å². The first-order valence-corrected chi connectivity index (χ1v) is 7.06. The Morgan fingerprint density at radius 3 is 2.56 bits per heavy atom. The van der Waals surface area contributed by atoms with E-state index in [2.05, 4.69) is 26.8 Å². The molecule has 1 saturated carbocycles. The van der Waals surface area contributed by atoms with Crippen LogP contribution in [-0.4, -0.2) is 34.6 Å². The predicted molar refractivity (Wildman–Crippen MR) is 70.9 cm³/mol. The van der Waals surface area contributed by atoms with E-state index in [1.165, 1.54) is 0 Å². The second-order valence-corrected chi connectivity index (χ2v) is 6.57. The van der Waals surface area contributed by atoms with Gasteiger partial charge in [0.05, 0.1) is 19.3 Å². The second kappa shape index (κ2) is 4.95. The van der Waals surface area contributed by atoms with Crippen LogP contribution < -0.4 is 0 Å². The highest BCUT2D eigenvalue weighted by Crippen LogP contribution is 2.59. The maximum atomic E-state index is 10.2. The smallest absolute Gasteiger partial charge is 0.0813 e. The fourth-order valence-corrected chi connectivity index (χ4v) is 4.35. The summed E-state index contributed by atoms with van der Waals surface area (Å²) in [5.74, 6) is 1.48. The molecular formula is C15H26O3. The molecule has 0 spiro atoms. The van der Waals surface area contributed by atoms with Crippen LogP contribution in [0.2, 0.25) is 0 Å². The predicted octanol–water partition coefficient (Wildman–Crippen LogP) is 1.58. The van der Waals surface area contributed by atoms with Gasteiger partial charge in [-0.1, -0.05) is 26.8 Å². The second-order valence-electron chi connectivity index (χ2n) is 6.57. The van der Waals surface area contributed by atoms with E-state index in [-0.39, 0.29) is 24.5 Å². The van der Waals surface area contributed by atoms with Crippen molar-refractivity contribution < 1.29 is 15.3 Å². The Hall–Kier alpha value is -0.380. The highest BCUT2D eigenvalue weighted by molar-refractivity contribution is 5.29. The number of rotatable bonds is 4. The molecule has 0 aromatic rings. The van der Waals surface area contributed by atoms with Gasteiger partial charge in [-0.15, -0.1) is 0 Å². The van der Waals surface area contributed by atoms with Crippen molar-refractivity contribution in [1.82, 2.24) is 0 Å². The van der Waals surface area contributed by atoms with Gasteiger partial charge in [-0.2, -0.15) is 0 Å². The maximum absolute atomic E-state index is 10.2. The zero-order chi connectivity index (χ0) is 13.5. The minimum absolute atomic E-state index is 0.0609. The van der Waals surface area contributed by atoms with E-state index >= 15 is 0 Å². The summed E-state index contributed by atoms with van der Waals surface area (Å²) in [7, 11) is 0. The summed E-state index contributed by atoms with van der Waals surface area (Å²) in [6.45, 7) is 6.47. The minimum atomic E-state index is -0.679. The Morgan fingerprint density at radius 2 is 2.06 bits per heavy atom. The molecule has 3 N–H and O–H groups in total. The van der Waals surface area contributed by atoms with Gasteiger partial charge in [0, 0.05) is 5.92 Å². The number of allylic oxidation sites excluding steroid dienone is 1. The zero-order valence-electron chi connectivity index (χ0n) is 11.6. The topological polar surface area (TPSA) is 60.7 Å². The first-order valence-electron chi connectivity index (χ1n) is 7.06. The van der Waals surface area contributed by atoms with Crippen LogP contribution in [0, 0.1) is 29.1 Å². The lowest BCUT2D eigenvalue weighted by molar-refractivity contribution is -0.0516. The molecule has 0 heterocycles. The molecule has 0 aromatic heterocycles. The summed E-state index contributed by atoms with van der Waals surface area (Å²) < 4.78 is 0. The Bertz CT molecular complexity index is 337. The lowest BCUT2D eigenvalue weighted by Gasteiger charge is -2.47. The van der Waals surface area contributed by atoms with Gasteiger partial charge in [0.1, 0.15) is 0 Å². The molecule has 0 aliphatic heterocycles. The molecule has 0 aromatic carbocycles. The zero-order valence-corrected chi connectivity index (χ0v) is 11.6. The molecule has 1 fully saturated rings. The Balaban J connectivity index is 2.36. The van der Waals surface area contributed by atoms with Crippen molar-refractivity contribution in [3.8, 4) is 0 Å². The lowest BCUT2D eigenvalue weighted by atomic mass is 9.58. The summed E-state index contributed by atoms with van der Waals surface area (Å²) in [5, 5.41) is 29.1. The SMILES string of the molecule is CC(C)[C@H]1CC[C@@]2(C)C(CO)=C[C@@H]1[C@H]2[C@H](O)CO. The average Bonchev–Trinajstić information content (AvgIpc) is 2.52. The maximum Gasteiger partial charge on any atom is 0.0813 e. The first kappa shape index (κ1) is 14.0. The van der Waals surface area contributed by atoms with Crippen LogP contribution in [0.25, 0.3) is 0 Å². The molecule has 0 radical (unpaired) electrons. The highest BCUT2D eigenvalue weighted by Gasteiger charge is 2.54. The molecule has 104 valence electrons. The summed E-state index contributed by atoms with van der Waals surface area (Å²) in [6, 6.07) is 0. The fraction of sp³-hybridized carbons (Fsp3) is 0.867. The minimum Gasteiger partial charge on any atom is -0.394 e. The Morgan fingerprint density at radius 1 is 1.39 bits per heavy atom. The third-order valence-corrected chi connectivity index (χ3v) is 5.40. The Kier molecular flexibility index (Phi) is 3.86. The molecule has 2 aliphatic rings. The molecule has 5 atom stereocenters. The molecule has 2 aliphatic carbocycles. The summed E-state index contributed by atoms with van der Waals surface area (Å²) in [4.78, 5) is 0. The van der Waals surface area contributed by atoms with E-state index in [4.69, 9.17) is 0 Å². The van der Waals surface area contributed by atoms with Gasteiger partial charge >= 0.3 is 0 Å². The van der Waals surface area contributed by atoms with Crippen molar-refractivity contribution in [2.24, 2.45) is 29.1 Å². The van der Waals surface area contributed by atoms with Gasteiger partial charge in [-0.3, -0.25) is 0 Å². The van der Waals surface area contributed by atoms with Crippen molar-refractivity contribution in [3.63, 3.8) is 0 Å². The van der Waals surface area contributed by atoms with Crippen LogP contribution >= 0.6 is 0 Å². The van der Waals surface area contributed by atoms with Crippen LogP contribution in [0.3, 0.4) is 0 Å². The van der Waals surface area contributed by atoms with Crippen LogP contribution in [0.4, 0.5) is 0 Å². The quantitative estimate of drug-likeness (QED) is 0.668. The van der Waals surface area contributed by atoms with E-state index in [1.807, 2.05) is 0 Å². The van der Waals surface area contributed by atoms with E-state index in [1.54, 1.807) is 0 Å². The van der Waals surface area contributed by atoms with Gasteiger partial charge in [-0.25, -0.2) is 0 Å². The summed E-state index contributed by atoms with van der Waals surface area (Å²) in [5.41, 5.74) is 0.931.